The van der Waals surface area contributed by atoms with Crippen molar-refractivity contribution in [3.8, 4) is 0 Å². The van der Waals surface area contributed by atoms with Crippen molar-refractivity contribution in [1.82, 2.24) is 35.0 Å². The van der Waals surface area contributed by atoms with Crippen LogP contribution in [0.15, 0.2) is 59.7 Å². The van der Waals surface area contributed by atoms with Gasteiger partial charge in [0.2, 0.25) is 17.7 Å². The second-order valence-corrected chi connectivity index (χ2v) is 23.9. The fourth-order valence-corrected chi connectivity index (χ4v) is 13.2. The van der Waals surface area contributed by atoms with E-state index in [0.717, 1.165) is 75.5 Å². The largest absolute Gasteiger partial charge is 0.381 e. The van der Waals surface area contributed by atoms with Gasteiger partial charge in [0.05, 0.1) is 16.9 Å². The molecule has 0 radical (unpaired) electrons. The number of piperidine rings is 1. The molecule has 75 heavy (non-hydrogen) atoms. The molecule has 2 aromatic heterocycles. The van der Waals surface area contributed by atoms with Crippen molar-refractivity contribution in [2.24, 2.45) is 5.92 Å². The molecule has 6 aliphatic heterocycles. The van der Waals surface area contributed by atoms with Gasteiger partial charge in [0.1, 0.15) is 33.7 Å². The molecular weight excluding hydrogens is 983 g/mol. The minimum atomic E-state index is -3.21. The van der Waals surface area contributed by atoms with E-state index in [1.165, 1.54) is 17.3 Å². The van der Waals surface area contributed by atoms with E-state index >= 15 is 8.78 Å². The van der Waals surface area contributed by atoms with Crippen LogP contribution in [-0.2, 0) is 48.0 Å². The summed E-state index contributed by atoms with van der Waals surface area (Å²) in [6.45, 7) is 5.64. The molecule has 6 aliphatic rings. The molecule has 3 atom stereocenters. The van der Waals surface area contributed by atoms with E-state index in [4.69, 9.17) is 9.72 Å². The van der Waals surface area contributed by atoms with Crippen LogP contribution in [0.2, 0.25) is 0 Å². The number of ether oxygens (including phenoxy) is 1. The van der Waals surface area contributed by atoms with E-state index < -0.39 is 33.8 Å². The molecule has 8 heterocycles. The van der Waals surface area contributed by atoms with Crippen molar-refractivity contribution < 1.29 is 41.1 Å². The molecule has 2 unspecified atom stereocenters. The molecule has 0 aliphatic carbocycles. The first-order valence-electron chi connectivity index (χ1n) is 27.3. The minimum absolute atomic E-state index is 0.00426. The van der Waals surface area contributed by atoms with Gasteiger partial charge in [0.25, 0.3) is 17.4 Å². The van der Waals surface area contributed by atoms with E-state index in [1.807, 2.05) is 31.2 Å². The fourth-order valence-electron chi connectivity index (χ4n) is 11.7. The number of carbonyl (C=O) groups is 4. The third kappa shape index (κ3) is 13.3. The smallest absolute Gasteiger partial charge is 0.273 e. The van der Waals surface area contributed by atoms with Crippen LogP contribution in [0.4, 0.5) is 14.6 Å². The predicted molar refractivity (Wildman–Crippen MR) is 281 cm³/mol. The number of benzene rings is 2. The average Bonchev–Trinajstić information content (AvgIpc) is 3.70. The van der Waals surface area contributed by atoms with Gasteiger partial charge in [-0.05, 0) is 112 Å². The SMILES string of the molecule is C[C@H]1Nc2ncnc3c2cc(C2CCS(=O)(=O)CC2)c(=O)n3C(CCCCCCCCCC(=O)NCc2ccc3c(c2)CN(C2CCC(=O)NC2=O)C3=O)CCOCCCCN2CC(C2)CC(F)(F)c2cccc1c2. The molecule has 16 nitrogen and oxygen atoms in total. The molecular formula is C56H72F2N8O8S. The van der Waals surface area contributed by atoms with Crippen LogP contribution in [0.5, 0.6) is 0 Å². The van der Waals surface area contributed by atoms with Crippen molar-refractivity contribution in [2.45, 2.75) is 159 Å². The summed E-state index contributed by atoms with van der Waals surface area (Å²) in [5.41, 5.74) is 3.67. The summed E-state index contributed by atoms with van der Waals surface area (Å²) in [5.74, 6) is -3.91. The number of imide groups is 1. The molecule has 404 valence electrons. The Hall–Kier alpha value is -5.66. The van der Waals surface area contributed by atoms with Crippen molar-refractivity contribution in [2.75, 3.05) is 49.7 Å². The van der Waals surface area contributed by atoms with E-state index in [9.17, 15) is 32.4 Å². The van der Waals surface area contributed by atoms with E-state index in [0.29, 0.717) is 105 Å². The number of aromatic nitrogens is 3. The first-order chi connectivity index (χ1) is 36.1. The Morgan fingerprint density at radius 3 is 2.45 bits per heavy atom. The van der Waals surface area contributed by atoms with Gasteiger partial charge in [-0.3, -0.25) is 33.9 Å². The number of nitrogens with one attached hydrogen (secondary N) is 3. The number of amides is 4. The standard InChI is InChI=1S/C56H72F2N8O8S/c1-37-41-12-11-13-43(29-41)56(57,58)31-39-33-64(34-39)23-9-10-24-74-25-20-44(66-52-47(51(62-37)60-36-61-52)30-46(55(66)71)40-21-26-75(72,73)27-22-40)14-7-5-3-2-4-6-8-15-49(67)59-32-38-16-17-45-42(28-38)35-65(54(45)70)48-18-19-50(68)63-53(48)69/h11-13,16-17,28-30,36-37,39-40,44,48H,2-10,14-15,18-27,31-35H2,1H3,(H,59,67)(H,60,61,62)(H,63,68,69)/t37-,44?,48?/m1/s1. The molecule has 2 aromatic carbocycles. The Morgan fingerprint density at radius 1 is 0.893 bits per heavy atom. The maximum absolute atomic E-state index is 15.8. The summed E-state index contributed by atoms with van der Waals surface area (Å²) in [5, 5.41) is 9.42. The number of anilines is 1. The number of unbranched alkanes of at least 4 members (excludes halogenated alkanes) is 6. The number of rotatable bonds is 14. The van der Waals surface area contributed by atoms with Crippen LogP contribution in [0.25, 0.3) is 11.0 Å². The highest BCUT2D eigenvalue weighted by Gasteiger charge is 2.41. The number of fused-ring (bicyclic) bond motifs is 10. The van der Waals surface area contributed by atoms with Crippen LogP contribution in [0.3, 0.4) is 0 Å². The predicted octanol–water partition coefficient (Wildman–Crippen LogP) is 8.00. The molecule has 10 rings (SSSR count). The van der Waals surface area contributed by atoms with Gasteiger partial charge >= 0.3 is 0 Å². The number of carbonyl (C=O) groups excluding carboxylic acids is 4. The highest BCUT2D eigenvalue weighted by molar-refractivity contribution is 7.91. The van der Waals surface area contributed by atoms with Gasteiger partial charge < -0.3 is 25.2 Å². The van der Waals surface area contributed by atoms with E-state index in [1.54, 1.807) is 22.8 Å². The monoisotopic (exact) mass is 1050 g/mol. The first-order valence-corrected chi connectivity index (χ1v) is 29.1. The molecule has 3 fully saturated rings. The van der Waals surface area contributed by atoms with Crippen molar-refractivity contribution in [3.05, 3.63) is 98.6 Å². The summed E-state index contributed by atoms with van der Waals surface area (Å²) in [6, 6.07) is 12.5. The lowest BCUT2D eigenvalue weighted by Crippen LogP contribution is -2.52. The van der Waals surface area contributed by atoms with Crippen LogP contribution < -0.4 is 21.5 Å². The number of nitrogens with zero attached hydrogens (tertiary/aromatic N) is 5. The quantitative estimate of drug-likeness (QED) is 0.0813. The van der Waals surface area contributed by atoms with Crippen molar-refractivity contribution in [1.29, 1.82) is 0 Å². The van der Waals surface area contributed by atoms with Crippen LogP contribution in [-0.4, -0.2) is 107 Å². The van der Waals surface area contributed by atoms with Gasteiger partial charge in [-0.2, -0.15) is 0 Å². The highest BCUT2D eigenvalue weighted by atomic mass is 32.2. The number of sulfone groups is 1. The molecule has 4 aromatic rings. The Kier molecular flexibility index (Phi) is 17.4. The van der Waals surface area contributed by atoms with Crippen molar-refractivity contribution >= 4 is 50.3 Å². The molecule has 0 saturated carbocycles. The normalized spacial score (nSPS) is 24.3. The van der Waals surface area contributed by atoms with Crippen LogP contribution in [0, 0.1) is 5.92 Å². The Balaban J connectivity index is 0.819. The summed E-state index contributed by atoms with van der Waals surface area (Å²) < 4.78 is 64.8. The number of halogens is 2. The third-order valence-electron chi connectivity index (χ3n) is 16.1. The zero-order chi connectivity index (χ0) is 52.7. The van der Waals surface area contributed by atoms with Gasteiger partial charge in [0.15, 0.2) is 0 Å². The Morgan fingerprint density at radius 2 is 1.67 bits per heavy atom. The topological polar surface area (TPSA) is 202 Å². The third-order valence-corrected chi connectivity index (χ3v) is 17.8. The summed E-state index contributed by atoms with van der Waals surface area (Å²) in [6.07, 6.45) is 12.2. The van der Waals surface area contributed by atoms with Gasteiger partial charge in [-0.25, -0.2) is 27.2 Å². The van der Waals surface area contributed by atoms with Crippen LogP contribution >= 0.6 is 0 Å². The number of alkyl halides is 2. The maximum atomic E-state index is 15.8. The molecule has 3 saturated heterocycles. The zero-order valence-electron chi connectivity index (χ0n) is 43.1. The second-order valence-electron chi connectivity index (χ2n) is 21.6. The van der Waals surface area contributed by atoms with Gasteiger partial charge in [-0.1, -0.05) is 68.9 Å². The average molecular weight is 1060 g/mol. The fraction of sp³-hybridized carbons (Fsp3) is 0.589. The minimum Gasteiger partial charge on any atom is -0.381 e. The lowest BCUT2D eigenvalue weighted by molar-refractivity contribution is -0.137. The second kappa shape index (κ2) is 24.1. The summed E-state index contributed by atoms with van der Waals surface area (Å²) in [7, 11) is -3.21. The molecule has 0 spiro atoms. The molecule has 3 N–H and O–H groups in total. The molecule has 19 heteroatoms. The van der Waals surface area contributed by atoms with Crippen LogP contribution in [0.1, 0.15) is 172 Å². The number of hydrogen-bond donors (Lipinski definition) is 3. The lowest BCUT2D eigenvalue weighted by Gasteiger charge is -2.41. The van der Waals surface area contributed by atoms with Crippen molar-refractivity contribution in [3.63, 3.8) is 0 Å². The Bertz CT molecular complexity index is 2900. The highest BCUT2D eigenvalue weighted by Crippen LogP contribution is 2.40. The summed E-state index contributed by atoms with van der Waals surface area (Å²) in [4.78, 5) is 78.0. The maximum Gasteiger partial charge on any atom is 0.273 e. The zero-order valence-corrected chi connectivity index (χ0v) is 44.0. The summed E-state index contributed by atoms with van der Waals surface area (Å²) >= 11 is 0. The van der Waals surface area contributed by atoms with Gasteiger partial charge in [0, 0.05) is 87.4 Å². The number of pyridine rings is 1. The lowest BCUT2D eigenvalue weighted by atomic mass is 9.89. The van der Waals surface area contributed by atoms with Gasteiger partial charge in [-0.15, -0.1) is 0 Å². The molecule has 4 amide bonds. The molecule has 8 bridgehead atoms. The number of hydrogen-bond acceptors (Lipinski definition) is 12. The van der Waals surface area contributed by atoms with E-state index in [-0.39, 0.29) is 77.6 Å². The van der Waals surface area contributed by atoms with E-state index in [2.05, 4.69) is 25.8 Å². The first kappa shape index (κ1) is 54.1. The Labute approximate surface area is 438 Å².